The second kappa shape index (κ2) is 6.22. The van der Waals surface area contributed by atoms with E-state index in [0.29, 0.717) is 24.2 Å². The molecule has 0 unspecified atom stereocenters. The molecule has 0 bridgehead atoms. The zero-order chi connectivity index (χ0) is 16.2. The summed E-state index contributed by atoms with van der Waals surface area (Å²) in [4.78, 5) is 33.1. The van der Waals surface area contributed by atoms with Gasteiger partial charge in [0.25, 0.3) is 11.2 Å². The molecular formula is C15H13N5O3. The number of anilines is 1. The van der Waals surface area contributed by atoms with Crippen LogP contribution in [0.1, 0.15) is 5.69 Å². The first-order valence-electron chi connectivity index (χ1n) is 6.95. The quantitative estimate of drug-likeness (QED) is 0.549. The molecule has 0 fully saturated rings. The number of hydrogen-bond acceptors (Lipinski definition) is 6. The highest BCUT2D eigenvalue weighted by Gasteiger charge is 2.16. The van der Waals surface area contributed by atoms with E-state index >= 15 is 0 Å². The Morgan fingerprint density at radius 3 is 2.87 bits per heavy atom. The van der Waals surface area contributed by atoms with Gasteiger partial charge in [0.2, 0.25) is 0 Å². The molecule has 0 aliphatic carbocycles. The molecule has 8 heteroatoms. The Balaban J connectivity index is 1.88. The molecule has 0 saturated heterocycles. The fraction of sp³-hybridized carbons (Fsp3) is 0.133. The molecule has 0 radical (unpaired) electrons. The Morgan fingerprint density at radius 2 is 2.13 bits per heavy atom. The smallest absolute Gasteiger partial charge is 0.293 e. The third-order valence-corrected chi connectivity index (χ3v) is 3.38. The molecule has 23 heavy (non-hydrogen) atoms. The molecule has 0 amide bonds. The zero-order valence-corrected chi connectivity index (χ0v) is 12.0. The van der Waals surface area contributed by atoms with Crippen LogP contribution in [0.3, 0.4) is 0 Å². The van der Waals surface area contributed by atoms with Gasteiger partial charge in [-0.3, -0.25) is 19.9 Å². The Labute approximate surface area is 130 Å². The number of nitro benzene ring substituents is 1. The number of benzene rings is 1. The van der Waals surface area contributed by atoms with E-state index in [-0.39, 0.29) is 11.1 Å². The molecule has 2 N–H and O–H groups in total. The van der Waals surface area contributed by atoms with Crippen molar-refractivity contribution >= 4 is 22.3 Å². The second-order valence-electron chi connectivity index (χ2n) is 4.87. The molecule has 116 valence electrons. The second-order valence-corrected chi connectivity index (χ2v) is 4.87. The normalized spacial score (nSPS) is 10.6. The van der Waals surface area contributed by atoms with Gasteiger partial charge in [-0.05, 0) is 18.2 Å². The predicted molar refractivity (Wildman–Crippen MR) is 85.4 cm³/mol. The number of nitrogens with one attached hydrogen (secondary N) is 2. The van der Waals surface area contributed by atoms with Gasteiger partial charge in [0.05, 0.1) is 22.2 Å². The van der Waals surface area contributed by atoms with Crippen LogP contribution in [-0.4, -0.2) is 26.4 Å². The molecule has 1 aromatic carbocycles. The van der Waals surface area contributed by atoms with Gasteiger partial charge in [0.15, 0.2) is 0 Å². The summed E-state index contributed by atoms with van der Waals surface area (Å²) in [6.07, 6.45) is 3.59. The highest BCUT2D eigenvalue weighted by molar-refractivity contribution is 5.86. The molecule has 0 aliphatic rings. The van der Waals surface area contributed by atoms with Crippen LogP contribution in [0.15, 0.2) is 47.7 Å². The molecule has 3 aromatic rings. The van der Waals surface area contributed by atoms with Crippen LogP contribution in [0.4, 0.5) is 11.4 Å². The Bertz CT molecular complexity index is 908. The first-order chi connectivity index (χ1) is 11.1. The third-order valence-electron chi connectivity index (χ3n) is 3.38. The Hall–Kier alpha value is -3.29. The van der Waals surface area contributed by atoms with Gasteiger partial charge in [-0.1, -0.05) is 6.07 Å². The first-order valence-corrected chi connectivity index (χ1v) is 6.95. The lowest BCUT2D eigenvalue weighted by atomic mass is 10.2. The number of fused-ring (bicyclic) bond motifs is 1. The van der Waals surface area contributed by atoms with Gasteiger partial charge in [0, 0.05) is 30.9 Å². The minimum atomic E-state index is -0.519. The topological polar surface area (TPSA) is 114 Å². The largest absolute Gasteiger partial charge is 0.379 e. The number of rotatable bonds is 5. The molecule has 3 rings (SSSR count). The van der Waals surface area contributed by atoms with Gasteiger partial charge in [0.1, 0.15) is 5.69 Å². The molecule has 8 nitrogen and oxygen atoms in total. The van der Waals surface area contributed by atoms with Crippen molar-refractivity contribution in [1.29, 1.82) is 0 Å². The Kier molecular flexibility index (Phi) is 3.96. The van der Waals surface area contributed by atoms with Crippen molar-refractivity contribution in [3.8, 4) is 0 Å². The van der Waals surface area contributed by atoms with Crippen molar-refractivity contribution in [3.05, 3.63) is 69.0 Å². The summed E-state index contributed by atoms with van der Waals surface area (Å²) >= 11 is 0. The van der Waals surface area contributed by atoms with Crippen LogP contribution in [-0.2, 0) is 6.42 Å². The molecule has 0 spiro atoms. The van der Waals surface area contributed by atoms with Gasteiger partial charge in [-0.15, -0.1) is 0 Å². The van der Waals surface area contributed by atoms with Crippen LogP contribution in [0.25, 0.3) is 10.9 Å². The summed E-state index contributed by atoms with van der Waals surface area (Å²) in [6.45, 7) is 0.479. The highest BCUT2D eigenvalue weighted by atomic mass is 16.6. The number of nitrogens with zero attached hydrogens (tertiary/aromatic N) is 3. The molecule has 0 atom stereocenters. The van der Waals surface area contributed by atoms with Gasteiger partial charge in [-0.2, -0.15) is 0 Å². The maximum Gasteiger partial charge on any atom is 0.293 e. The van der Waals surface area contributed by atoms with Crippen LogP contribution >= 0.6 is 0 Å². The summed E-state index contributed by atoms with van der Waals surface area (Å²) in [5.74, 6) is 0. The molecule has 2 aromatic heterocycles. The summed E-state index contributed by atoms with van der Waals surface area (Å²) in [5, 5.41) is 14.4. The van der Waals surface area contributed by atoms with Gasteiger partial charge < -0.3 is 10.3 Å². The predicted octanol–water partition coefficient (Wildman–Crippen LogP) is 1.88. The summed E-state index contributed by atoms with van der Waals surface area (Å²) in [5.41, 5.74) is 1.06. The van der Waals surface area contributed by atoms with Crippen molar-refractivity contribution in [1.82, 2.24) is 15.0 Å². The van der Waals surface area contributed by atoms with Crippen molar-refractivity contribution in [2.24, 2.45) is 0 Å². The van der Waals surface area contributed by atoms with Crippen LogP contribution < -0.4 is 10.9 Å². The number of hydrogen-bond donors (Lipinski definition) is 2. The van der Waals surface area contributed by atoms with Crippen molar-refractivity contribution < 1.29 is 4.92 Å². The first kappa shape index (κ1) is 14.6. The number of aromatic nitrogens is 3. The minimum absolute atomic E-state index is 0.156. The maximum absolute atomic E-state index is 11.7. The molecule has 2 heterocycles. The summed E-state index contributed by atoms with van der Waals surface area (Å²) < 4.78 is 0. The van der Waals surface area contributed by atoms with E-state index in [9.17, 15) is 14.9 Å². The summed E-state index contributed by atoms with van der Waals surface area (Å²) in [7, 11) is 0. The number of pyridine rings is 1. The van der Waals surface area contributed by atoms with Crippen LogP contribution in [0.5, 0.6) is 0 Å². The Morgan fingerprint density at radius 1 is 1.26 bits per heavy atom. The van der Waals surface area contributed by atoms with E-state index in [2.05, 4.69) is 20.3 Å². The van der Waals surface area contributed by atoms with Crippen molar-refractivity contribution in [2.45, 2.75) is 6.42 Å². The minimum Gasteiger partial charge on any atom is -0.379 e. The van der Waals surface area contributed by atoms with Crippen molar-refractivity contribution in [3.63, 3.8) is 0 Å². The third kappa shape index (κ3) is 3.15. The average molecular weight is 311 g/mol. The van der Waals surface area contributed by atoms with E-state index in [1.54, 1.807) is 6.20 Å². The SMILES string of the molecule is O=c1[nH]cnc2cc(NCCc3ccccn3)c([N+](=O)[O-])cc12. The maximum atomic E-state index is 11.7. The van der Waals surface area contributed by atoms with Gasteiger partial charge >= 0.3 is 0 Å². The summed E-state index contributed by atoms with van der Waals surface area (Å²) in [6, 6.07) is 8.36. The van der Waals surface area contributed by atoms with Crippen LogP contribution in [0, 0.1) is 10.1 Å². The molecule has 0 aliphatic heterocycles. The standard InChI is InChI=1S/C15H13N5O3/c21-15-11-7-14(20(22)23)13(8-12(11)18-9-19-15)17-6-4-10-3-1-2-5-16-10/h1-3,5,7-9,17H,4,6H2,(H,18,19,21). The zero-order valence-electron chi connectivity index (χ0n) is 12.0. The van der Waals surface area contributed by atoms with E-state index < -0.39 is 10.5 Å². The number of aromatic amines is 1. The number of nitro groups is 1. The van der Waals surface area contributed by atoms with E-state index in [1.165, 1.54) is 18.5 Å². The highest BCUT2D eigenvalue weighted by Crippen LogP contribution is 2.27. The van der Waals surface area contributed by atoms with Crippen LogP contribution in [0.2, 0.25) is 0 Å². The lowest BCUT2D eigenvalue weighted by molar-refractivity contribution is -0.383. The average Bonchev–Trinajstić information content (AvgIpc) is 2.55. The fourth-order valence-electron chi connectivity index (χ4n) is 2.27. The van der Waals surface area contributed by atoms with Gasteiger partial charge in [-0.25, -0.2) is 4.98 Å². The number of H-pyrrole nitrogens is 1. The van der Waals surface area contributed by atoms with Crippen molar-refractivity contribution in [2.75, 3.05) is 11.9 Å². The van der Waals surface area contributed by atoms with E-state index in [1.807, 2.05) is 18.2 Å². The lowest BCUT2D eigenvalue weighted by Gasteiger charge is -2.08. The monoisotopic (exact) mass is 311 g/mol. The van der Waals surface area contributed by atoms with E-state index in [4.69, 9.17) is 0 Å². The fourth-order valence-corrected chi connectivity index (χ4v) is 2.27. The molecule has 0 saturated carbocycles. The lowest BCUT2D eigenvalue weighted by Crippen LogP contribution is -2.10. The van der Waals surface area contributed by atoms with E-state index in [0.717, 1.165) is 5.69 Å². The molecular weight excluding hydrogens is 298 g/mol.